The van der Waals surface area contributed by atoms with Gasteiger partial charge < -0.3 is 19.8 Å². The lowest BCUT2D eigenvalue weighted by molar-refractivity contribution is -0.121. The first-order valence-corrected chi connectivity index (χ1v) is 8.42. The molecular weight excluding hydrogens is 316 g/mol. The van der Waals surface area contributed by atoms with Gasteiger partial charge in [0.25, 0.3) is 5.91 Å². The highest BCUT2D eigenvalue weighted by atomic mass is 16.2. The lowest BCUT2D eigenvalue weighted by Gasteiger charge is -2.18. The van der Waals surface area contributed by atoms with Crippen molar-refractivity contribution in [3.05, 3.63) is 29.6 Å². The molecule has 136 valence electrons. The predicted octanol–water partition coefficient (Wildman–Crippen LogP) is 2.76. The van der Waals surface area contributed by atoms with Crippen LogP contribution in [0.3, 0.4) is 0 Å². The number of carbonyl (C=O) groups is 2. The van der Waals surface area contributed by atoms with Gasteiger partial charge in [-0.25, -0.2) is 0 Å². The largest absolute Gasteiger partial charge is 0.341 e. The van der Waals surface area contributed by atoms with Gasteiger partial charge in [0, 0.05) is 36.6 Å². The van der Waals surface area contributed by atoms with Crippen LogP contribution in [0.1, 0.15) is 37.0 Å². The third-order valence-electron chi connectivity index (χ3n) is 4.04. The molecule has 6 heteroatoms. The van der Waals surface area contributed by atoms with Crippen LogP contribution in [0.5, 0.6) is 0 Å². The first-order valence-electron chi connectivity index (χ1n) is 8.42. The molecule has 6 nitrogen and oxygen atoms in total. The summed E-state index contributed by atoms with van der Waals surface area (Å²) in [5.74, 6) is 0.0376. The molecule has 0 aromatic carbocycles. The number of ketones is 1. The van der Waals surface area contributed by atoms with E-state index in [4.69, 9.17) is 0 Å². The fourth-order valence-electron chi connectivity index (χ4n) is 2.31. The molecule has 0 fully saturated rings. The maximum atomic E-state index is 12.4. The number of H-pyrrole nitrogens is 2. The highest BCUT2D eigenvalue weighted by Gasteiger charge is 2.18. The van der Waals surface area contributed by atoms with E-state index < -0.39 is 0 Å². The van der Waals surface area contributed by atoms with Crippen molar-refractivity contribution in [2.24, 2.45) is 5.41 Å². The molecule has 2 aromatic rings. The molecule has 0 atom stereocenters. The average molecular weight is 344 g/mol. The zero-order valence-electron chi connectivity index (χ0n) is 15.9. The molecular formula is C19H28N4O2. The molecule has 1 amide bonds. The molecule has 0 radical (unpaired) electrons. The lowest BCUT2D eigenvalue weighted by Crippen LogP contribution is -2.33. The predicted molar refractivity (Wildman–Crippen MR) is 102 cm³/mol. The Kier molecular flexibility index (Phi) is 5.52. The topological polar surface area (TPSA) is 72.2 Å². The van der Waals surface area contributed by atoms with Crippen LogP contribution in [-0.2, 0) is 4.79 Å². The van der Waals surface area contributed by atoms with Gasteiger partial charge in [0.1, 0.15) is 11.3 Å². The Morgan fingerprint density at radius 2 is 1.76 bits per heavy atom. The number of aromatic amines is 2. The van der Waals surface area contributed by atoms with Crippen LogP contribution in [0.4, 0.5) is 0 Å². The standard InChI is InChI=1S/C19H28N4O2/c1-19(2,3)16(24)8-7-14-11-13-12-15(21-17(13)20-14)18(25)23(6)10-9-22(4)5/h7-8,11-12,20-21H,9-10H2,1-6H3. The van der Waals surface area contributed by atoms with Crippen molar-refractivity contribution in [3.63, 3.8) is 0 Å². The minimum Gasteiger partial charge on any atom is -0.341 e. The monoisotopic (exact) mass is 344 g/mol. The van der Waals surface area contributed by atoms with E-state index in [1.54, 1.807) is 24.1 Å². The van der Waals surface area contributed by atoms with Crippen molar-refractivity contribution < 1.29 is 9.59 Å². The SMILES string of the molecule is CN(C)CCN(C)C(=O)c1cc2cc(C=CC(=O)C(C)(C)C)[nH]c2[nH]1. The fraction of sp³-hybridized carbons (Fsp3) is 0.474. The van der Waals surface area contributed by atoms with E-state index >= 15 is 0 Å². The normalized spacial score (nSPS) is 12.4. The second-order valence-corrected chi connectivity index (χ2v) is 7.72. The molecule has 2 N–H and O–H groups in total. The van der Waals surface area contributed by atoms with Crippen LogP contribution in [0.15, 0.2) is 18.2 Å². The third kappa shape index (κ3) is 4.82. The molecule has 0 aliphatic carbocycles. The van der Waals surface area contributed by atoms with Crippen molar-refractivity contribution >= 4 is 28.8 Å². The van der Waals surface area contributed by atoms with Crippen molar-refractivity contribution in [3.8, 4) is 0 Å². The lowest BCUT2D eigenvalue weighted by atomic mass is 9.90. The molecule has 0 spiro atoms. The number of allylic oxidation sites excluding steroid dienone is 1. The van der Waals surface area contributed by atoms with Gasteiger partial charge in [-0.15, -0.1) is 0 Å². The van der Waals surface area contributed by atoms with E-state index in [9.17, 15) is 9.59 Å². The Labute approximate surface area is 148 Å². The number of nitrogens with zero attached hydrogens (tertiary/aromatic N) is 2. The minimum absolute atomic E-state index is 0.0357. The number of rotatable bonds is 6. The van der Waals surface area contributed by atoms with Crippen LogP contribution in [0.25, 0.3) is 17.1 Å². The summed E-state index contributed by atoms with van der Waals surface area (Å²) in [6, 6.07) is 3.76. The van der Waals surface area contributed by atoms with Gasteiger partial charge >= 0.3 is 0 Å². The highest BCUT2D eigenvalue weighted by Crippen LogP contribution is 2.20. The molecule has 0 unspecified atom stereocenters. The zero-order valence-corrected chi connectivity index (χ0v) is 15.9. The van der Waals surface area contributed by atoms with E-state index in [-0.39, 0.29) is 17.1 Å². The third-order valence-corrected chi connectivity index (χ3v) is 4.04. The number of nitrogens with one attached hydrogen (secondary N) is 2. The van der Waals surface area contributed by atoms with Crippen molar-refractivity contribution in [2.45, 2.75) is 20.8 Å². The number of hydrogen-bond donors (Lipinski definition) is 2. The zero-order chi connectivity index (χ0) is 18.8. The summed E-state index contributed by atoms with van der Waals surface area (Å²) in [5, 5.41) is 0.923. The summed E-state index contributed by atoms with van der Waals surface area (Å²) in [4.78, 5) is 34.5. The maximum absolute atomic E-state index is 12.4. The second-order valence-electron chi connectivity index (χ2n) is 7.72. The van der Waals surface area contributed by atoms with Gasteiger partial charge in [0.05, 0.1) is 0 Å². The number of amides is 1. The van der Waals surface area contributed by atoms with Crippen LogP contribution in [0, 0.1) is 5.41 Å². The number of aromatic nitrogens is 2. The summed E-state index contributed by atoms with van der Waals surface area (Å²) in [5.41, 5.74) is 1.79. The van der Waals surface area contributed by atoms with Crippen LogP contribution in [0.2, 0.25) is 0 Å². The smallest absolute Gasteiger partial charge is 0.270 e. The van der Waals surface area contributed by atoms with Crippen LogP contribution in [-0.4, -0.2) is 65.7 Å². The Balaban J connectivity index is 2.10. The van der Waals surface area contributed by atoms with Gasteiger partial charge in [0.15, 0.2) is 5.78 Å². The Bertz CT molecular complexity index is 759. The second kappa shape index (κ2) is 7.27. The van der Waals surface area contributed by atoms with Gasteiger partial charge in [-0.2, -0.15) is 0 Å². The number of likely N-dealkylation sites (N-methyl/N-ethyl adjacent to an activating group) is 2. The van der Waals surface area contributed by atoms with E-state index in [1.165, 1.54) is 0 Å². The summed E-state index contributed by atoms with van der Waals surface area (Å²) < 4.78 is 0. The molecule has 0 saturated carbocycles. The number of carbonyl (C=O) groups excluding carboxylic acids is 2. The van der Waals surface area contributed by atoms with Crippen molar-refractivity contribution in [1.82, 2.24) is 19.8 Å². The van der Waals surface area contributed by atoms with Gasteiger partial charge in [-0.3, -0.25) is 9.59 Å². The van der Waals surface area contributed by atoms with Gasteiger partial charge in [0.2, 0.25) is 0 Å². The summed E-state index contributed by atoms with van der Waals surface area (Å²) in [6.07, 6.45) is 3.36. The van der Waals surface area contributed by atoms with Crippen LogP contribution >= 0.6 is 0 Å². The molecule has 0 aliphatic heterocycles. The molecule has 2 rings (SSSR count). The van der Waals surface area contributed by atoms with Crippen molar-refractivity contribution in [2.75, 3.05) is 34.2 Å². The highest BCUT2D eigenvalue weighted by molar-refractivity contribution is 5.99. The number of hydrogen-bond acceptors (Lipinski definition) is 3. The van der Waals surface area contributed by atoms with E-state index in [1.807, 2.05) is 51.9 Å². The molecule has 0 aliphatic rings. The molecule has 0 bridgehead atoms. The summed E-state index contributed by atoms with van der Waals surface area (Å²) >= 11 is 0. The van der Waals surface area contributed by atoms with E-state index in [2.05, 4.69) is 9.97 Å². The number of fused-ring (bicyclic) bond motifs is 1. The Hall–Kier alpha value is -2.34. The first kappa shape index (κ1) is 19.0. The van der Waals surface area contributed by atoms with Crippen LogP contribution < -0.4 is 0 Å². The van der Waals surface area contributed by atoms with Gasteiger partial charge in [-0.05, 0) is 38.4 Å². The van der Waals surface area contributed by atoms with Crippen molar-refractivity contribution in [1.29, 1.82) is 0 Å². The Morgan fingerprint density at radius 3 is 2.32 bits per heavy atom. The van der Waals surface area contributed by atoms with Gasteiger partial charge in [-0.1, -0.05) is 20.8 Å². The maximum Gasteiger partial charge on any atom is 0.270 e. The van der Waals surface area contributed by atoms with E-state index in [0.29, 0.717) is 12.2 Å². The first-order chi connectivity index (χ1) is 11.6. The quantitative estimate of drug-likeness (QED) is 0.792. The summed E-state index contributed by atoms with van der Waals surface area (Å²) in [6.45, 7) is 7.16. The fourth-order valence-corrected chi connectivity index (χ4v) is 2.31. The average Bonchev–Trinajstić information content (AvgIpc) is 3.06. The molecule has 2 aromatic heterocycles. The molecule has 2 heterocycles. The minimum atomic E-state index is -0.388. The summed E-state index contributed by atoms with van der Waals surface area (Å²) in [7, 11) is 5.76. The molecule has 25 heavy (non-hydrogen) atoms. The van der Waals surface area contributed by atoms with E-state index in [0.717, 1.165) is 23.3 Å². The molecule has 0 saturated heterocycles. The Morgan fingerprint density at radius 1 is 1.08 bits per heavy atom.